The van der Waals surface area contributed by atoms with Gasteiger partial charge in [0, 0.05) is 23.7 Å². The molecule has 1 unspecified atom stereocenters. The molecule has 3 nitrogen and oxygen atoms in total. The predicted octanol–water partition coefficient (Wildman–Crippen LogP) is 2.13. The van der Waals surface area contributed by atoms with Crippen LogP contribution in [0, 0.1) is 0 Å². The van der Waals surface area contributed by atoms with Crippen LogP contribution >= 0.6 is 11.3 Å². The maximum absolute atomic E-state index is 4.30. The molecule has 0 saturated carbocycles. The molecule has 0 fully saturated rings. The summed E-state index contributed by atoms with van der Waals surface area (Å²) < 4.78 is 0. The summed E-state index contributed by atoms with van der Waals surface area (Å²) in [5, 5.41) is 6.69. The number of hydrogen-bond donors (Lipinski definition) is 1. The number of hydrogen-bond acceptors (Lipinski definition) is 4. The molecule has 0 spiro atoms. The van der Waals surface area contributed by atoms with E-state index in [0.717, 1.165) is 11.6 Å². The molecular formula is C11H21N3S. The predicted molar refractivity (Wildman–Crippen MR) is 66.3 cm³/mol. The van der Waals surface area contributed by atoms with Gasteiger partial charge in [-0.25, -0.2) is 4.98 Å². The van der Waals surface area contributed by atoms with Crippen molar-refractivity contribution < 1.29 is 0 Å². The van der Waals surface area contributed by atoms with E-state index in [2.05, 4.69) is 50.1 Å². The van der Waals surface area contributed by atoms with E-state index in [4.69, 9.17) is 0 Å². The normalized spacial score (nSPS) is 14.5. The molecule has 86 valence electrons. The monoisotopic (exact) mass is 227 g/mol. The number of aromatic nitrogens is 1. The SMILES string of the molecule is CC(NCC(C)(C)N(C)C)c1nccs1. The molecule has 1 heterocycles. The second-order valence-corrected chi connectivity index (χ2v) is 5.61. The molecular weight excluding hydrogens is 206 g/mol. The maximum Gasteiger partial charge on any atom is 0.109 e. The molecule has 1 atom stereocenters. The van der Waals surface area contributed by atoms with Gasteiger partial charge >= 0.3 is 0 Å². The summed E-state index contributed by atoms with van der Waals surface area (Å²) in [6.45, 7) is 7.58. The van der Waals surface area contributed by atoms with Crippen molar-refractivity contribution in [1.29, 1.82) is 0 Å². The van der Waals surface area contributed by atoms with Crippen molar-refractivity contribution in [2.45, 2.75) is 32.4 Å². The first-order valence-electron chi connectivity index (χ1n) is 5.23. The van der Waals surface area contributed by atoms with E-state index in [1.165, 1.54) is 0 Å². The van der Waals surface area contributed by atoms with Crippen LogP contribution in [0.1, 0.15) is 31.8 Å². The average molecular weight is 227 g/mol. The van der Waals surface area contributed by atoms with Crippen LogP contribution in [-0.4, -0.2) is 36.1 Å². The molecule has 0 saturated heterocycles. The Labute approximate surface area is 96.5 Å². The average Bonchev–Trinajstić information content (AvgIpc) is 2.66. The molecule has 1 aromatic heterocycles. The van der Waals surface area contributed by atoms with E-state index in [9.17, 15) is 0 Å². The van der Waals surface area contributed by atoms with Gasteiger partial charge in [-0.3, -0.25) is 0 Å². The second-order valence-electron chi connectivity index (χ2n) is 4.68. The summed E-state index contributed by atoms with van der Waals surface area (Å²) in [5.74, 6) is 0. The van der Waals surface area contributed by atoms with Crippen LogP contribution in [0.5, 0.6) is 0 Å². The lowest BCUT2D eigenvalue weighted by Gasteiger charge is -2.33. The lowest BCUT2D eigenvalue weighted by Crippen LogP contribution is -2.47. The van der Waals surface area contributed by atoms with Crippen LogP contribution in [0.15, 0.2) is 11.6 Å². The Kier molecular flexibility index (Phi) is 4.25. The highest BCUT2D eigenvalue weighted by molar-refractivity contribution is 7.09. The molecule has 0 aliphatic heterocycles. The largest absolute Gasteiger partial charge is 0.306 e. The highest BCUT2D eigenvalue weighted by Crippen LogP contribution is 2.16. The minimum absolute atomic E-state index is 0.172. The minimum Gasteiger partial charge on any atom is -0.306 e. The van der Waals surface area contributed by atoms with Crippen LogP contribution in [0.25, 0.3) is 0 Å². The zero-order chi connectivity index (χ0) is 11.5. The molecule has 1 aromatic rings. The van der Waals surface area contributed by atoms with Crippen LogP contribution < -0.4 is 5.32 Å². The molecule has 0 bridgehead atoms. The van der Waals surface area contributed by atoms with E-state index < -0.39 is 0 Å². The molecule has 1 N–H and O–H groups in total. The van der Waals surface area contributed by atoms with Crippen LogP contribution in [0.3, 0.4) is 0 Å². The first kappa shape index (κ1) is 12.6. The van der Waals surface area contributed by atoms with Gasteiger partial charge < -0.3 is 10.2 Å². The molecule has 1 rings (SSSR count). The van der Waals surface area contributed by atoms with Crippen LogP contribution in [0.4, 0.5) is 0 Å². The Morgan fingerprint density at radius 2 is 2.20 bits per heavy atom. The Bertz CT molecular complexity index is 280. The van der Waals surface area contributed by atoms with E-state index in [0.29, 0.717) is 6.04 Å². The maximum atomic E-state index is 4.30. The fourth-order valence-corrected chi connectivity index (χ4v) is 1.77. The minimum atomic E-state index is 0.172. The summed E-state index contributed by atoms with van der Waals surface area (Å²) in [7, 11) is 4.21. The van der Waals surface area contributed by atoms with E-state index in [1.807, 2.05) is 11.6 Å². The zero-order valence-electron chi connectivity index (χ0n) is 10.2. The quantitative estimate of drug-likeness (QED) is 0.835. The van der Waals surface area contributed by atoms with Crippen molar-refractivity contribution in [1.82, 2.24) is 15.2 Å². The third kappa shape index (κ3) is 3.55. The lowest BCUT2D eigenvalue weighted by atomic mass is 10.0. The van der Waals surface area contributed by atoms with Gasteiger partial charge in [0.05, 0.1) is 6.04 Å². The van der Waals surface area contributed by atoms with Crippen LogP contribution in [-0.2, 0) is 0 Å². The van der Waals surface area contributed by atoms with Crippen molar-refractivity contribution in [3.05, 3.63) is 16.6 Å². The summed E-state index contributed by atoms with van der Waals surface area (Å²) in [6, 6.07) is 0.337. The van der Waals surface area contributed by atoms with Gasteiger partial charge in [-0.15, -0.1) is 11.3 Å². The standard InChI is InChI=1S/C11H21N3S/c1-9(10-12-6-7-15-10)13-8-11(2,3)14(4)5/h6-7,9,13H,8H2,1-5H3. The van der Waals surface area contributed by atoms with E-state index in [1.54, 1.807) is 11.3 Å². The lowest BCUT2D eigenvalue weighted by molar-refractivity contribution is 0.185. The summed E-state index contributed by atoms with van der Waals surface area (Å²) in [4.78, 5) is 6.53. The number of rotatable bonds is 5. The Morgan fingerprint density at radius 1 is 1.53 bits per heavy atom. The summed E-state index contributed by atoms with van der Waals surface area (Å²) >= 11 is 1.70. The van der Waals surface area contributed by atoms with Gasteiger partial charge in [0.15, 0.2) is 0 Å². The number of likely N-dealkylation sites (N-methyl/N-ethyl adjacent to an activating group) is 1. The third-order valence-electron chi connectivity index (χ3n) is 2.87. The van der Waals surface area contributed by atoms with Gasteiger partial charge in [-0.2, -0.15) is 0 Å². The van der Waals surface area contributed by atoms with Gasteiger partial charge in [0.1, 0.15) is 5.01 Å². The first-order chi connectivity index (χ1) is 6.93. The Morgan fingerprint density at radius 3 is 2.67 bits per heavy atom. The topological polar surface area (TPSA) is 28.2 Å². The number of nitrogens with zero attached hydrogens (tertiary/aromatic N) is 2. The molecule has 0 radical (unpaired) electrons. The van der Waals surface area contributed by atoms with E-state index >= 15 is 0 Å². The van der Waals surface area contributed by atoms with E-state index in [-0.39, 0.29) is 5.54 Å². The molecule has 0 amide bonds. The molecule has 0 aromatic carbocycles. The smallest absolute Gasteiger partial charge is 0.109 e. The van der Waals surface area contributed by atoms with Crippen molar-refractivity contribution in [3.8, 4) is 0 Å². The summed E-state index contributed by atoms with van der Waals surface area (Å²) in [5.41, 5.74) is 0.172. The molecule has 0 aliphatic rings. The van der Waals surface area contributed by atoms with Crippen molar-refractivity contribution in [2.24, 2.45) is 0 Å². The zero-order valence-corrected chi connectivity index (χ0v) is 11.1. The molecule has 15 heavy (non-hydrogen) atoms. The summed E-state index contributed by atoms with van der Waals surface area (Å²) in [6.07, 6.45) is 1.86. The highest BCUT2D eigenvalue weighted by atomic mass is 32.1. The second kappa shape index (κ2) is 5.05. The number of nitrogens with one attached hydrogen (secondary N) is 1. The van der Waals surface area contributed by atoms with Gasteiger partial charge in [0.2, 0.25) is 0 Å². The van der Waals surface area contributed by atoms with Gasteiger partial charge in [0.25, 0.3) is 0 Å². The number of thiazole rings is 1. The third-order valence-corrected chi connectivity index (χ3v) is 3.83. The van der Waals surface area contributed by atoms with Gasteiger partial charge in [-0.1, -0.05) is 0 Å². The van der Waals surface area contributed by atoms with Crippen molar-refractivity contribution >= 4 is 11.3 Å². The Balaban J connectivity index is 2.44. The van der Waals surface area contributed by atoms with Crippen molar-refractivity contribution in [3.63, 3.8) is 0 Å². The Hall–Kier alpha value is -0.450. The molecule has 0 aliphatic carbocycles. The van der Waals surface area contributed by atoms with Gasteiger partial charge in [-0.05, 0) is 34.9 Å². The molecule has 4 heteroatoms. The van der Waals surface area contributed by atoms with Crippen molar-refractivity contribution in [2.75, 3.05) is 20.6 Å². The van der Waals surface area contributed by atoms with Crippen LogP contribution in [0.2, 0.25) is 0 Å². The first-order valence-corrected chi connectivity index (χ1v) is 6.11. The fourth-order valence-electron chi connectivity index (χ4n) is 1.10. The highest BCUT2D eigenvalue weighted by Gasteiger charge is 2.21. The fraction of sp³-hybridized carbons (Fsp3) is 0.727.